The van der Waals surface area contributed by atoms with E-state index >= 15 is 0 Å². The third-order valence-electron chi connectivity index (χ3n) is 2.54. The van der Waals surface area contributed by atoms with Crippen LogP contribution in [0.5, 0.6) is 5.88 Å². The number of methoxy groups -OCH3 is 2. The largest absolute Gasteiger partial charge is 0.481 e. The zero-order valence-electron chi connectivity index (χ0n) is 10.0. The van der Waals surface area contributed by atoms with Crippen LogP contribution >= 0.6 is 0 Å². The van der Waals surface area contributed by atoms with Gasteiger partial charge in [-0.3, -0.25) is 0 Å². The lowest BCUT2D eigenvalue weighted by atomic mass is 10.1. The Hall–Kier alpha value is -1.87. The molecule has 0 atom stereocenters. The quantitative estimate of drug-likeness (QED) is 0.807. The second-order valence-corrected chi connectivity index (χ2v) is 3.69. The van der Waals surface area contributed by atoms with E-state index in [9.17, 15) is 0 Å². The molecule has 88 valence electrons. The molecule has 0 N–H and O–H groups in total. The summed E-state index contributed by atoms with van der Waals surface area (Å²) < 4.78 is 10.3. The molecule has 0 radical (unpaired) electrons. The maximum absolute atomic E-state index is 5.24. The molecule has 0 saturated heterocycles. The molecular weight excluding hydrogens is 214 g/mol. The van der Waals surface area contributed by atoms with E-state index in [2.05, 4.69) is 4.98 Å². The molecule has 0 unspecified atom stereocenters. The van der Waals surface area contributed by atoms with Gasteiger partial charge in [-0.25, -0.2) is 4.98 Å². The maximum Gasteiger partial charge on any atom is 0.221 e. The van der Waals surface area contributed by atoms with Crippen LogP contribution in [0.1, 0.15) is 5.56 Å². The fourth-order valence-corrected chi connectivity index (χ4v) is 1.72. The number of ether oxygens (including phenoxy) is 2. The number of rotatable bonds is 4. The predicted molar refractivity (Wildman–Crippen MR) is 66.9 cm³/mol. The highest BCUT2D eigenvalue weighted by atomic mass is 16.5. The summed E-state index contributed by atoms with van der Waals surface area (Å²) in [6.45, 7) is 0.629. The van der Waals surface area contributed by atoms with Gasteiger partial charge >= 0.3 is 0 Å². The molecule has 17 heavy (non-hydrogen) atoms. The Morgan fingerprint density at radius 3 is 2.47 bits per heavy atom. The van der Waals surface area contributed by atoms with Gasteiger partial charge in [0, 0.05) is 18.9 Å². The Morgan fingerprint density at radius 2 is 1.82 bits per heavy atom. The van der Waals surface area contributed by atoms with E-state index in [0.29, 0.717) is 12.5 Å². The van der Waals surface area contributed by atoms with Gasteiger partial charge in [-0.05, 0) is 23.3 Å². The second kappa shape index (κ2) is 5.46. The Kier molecular flexibility index (Phi) is 3.73. The van der Waals surface area contributed by atoms with Gasteiger partial charge in [-0.2, -0.15) is 0 Å². The third kappa shape index (κ3) is 2.63. The first kappa shape index (κ1) is 11.6. The Labute approximate surface area is 101 Å². The number of pyridine rings is 1. The van der Waals surface area contributed by atoms with E-state index in [1.807, 2.05) is 36.4 Å². The molecule has 0 fully saturated rings. The summed E-state index contributed by atoms with van der Waals surface area (Å²) in [4.78, 5) is 4.19. The van der Waals surface area contributed by atoms with E-state index < -0.39 is 0 Å². The monoisotopic (exact) mass is 229 g/mol. The molecular formula is C14H15NO2. The summed E-state index contributed by atoms with van der Waals surface area (Å²) in [6, 6.07) is 12.1. The molecule has 0 spiro atoms. The van der Waals surface area contributed by atoms with E-state index in [1.165, 1.54) is 0 Å². The summed E-state index contributed by atoms with van der Waals surface area (Å²) in [7, 11) is 3.32. The Bertz CT molecular complexity index is 480. The predicted octanol–water partition coefficient (Wildman–Crippen LogP) is 2.90. The standard InChI is InChI=1S/C14H15NO2/c1-16-10-11-5-7-12(8-6-11)13-4-3-9-15-14(13)17-2/h3-9H,10H2,1-2H3. The lowest BCUT2D eigenvalue weighted by molar-refractivity contribution is 0.185. The molecule has 3 nitrogen and oxygen atoms in total. The molecule has 0 saturated carbocycles. The molecule has 2 aromatic rings. The molecule has 1 aromatic carbocycles. The summed E-state index contributed by atoms with van der Waals surface area (Å²) in [5.74, 6) is 0.645. The molecule has 1 heterocycles. The van der Waals surface area contributed by atoms with Crippen LogP contribution in [-0.2, 0) is 11.3 Å². The third-order valence-corrected chi connectivity index (χ3v) is 2.54. The number of benzene rings is 1. The first-order valence-electron chi connectivity index (χ1n) is 5.42. The minimum absolute atomic E-state index is 0.629. The van der Waals surface area contributed by atoms with E-state index in [1.54, 1.807) is 20.4 Å². The molecule has 0 aliphatic carbocycles. The van der Waals surface area contributed by atoms with Gasteiger partial charge in [-0.1, -0.05) is 24.3 Å². The van der Waals surface area contributed by atoms with Crippen LogP contribution in [0.4, 0.5) is 0 Å². The van der Waals surface area contributed by atoms with Gasteiger partial charge < -0.3 is 9.47 Å². The van der Waals surface area contributed by atoms with Crippen LogP contribution in [0.3, 0.4) is 0 Å². The molecule has 3 heteroatoms. The first-order chi connectivity index (χ1) is 8.35. The molecule has 0 amide bonds. The number of nitrogens with zero attached hydrogens (tertiary/aromatic N) is 1. The Balaban J connectivity index is 2.33. The summed E-state index contributed by atoms with van der Waals surface area (Å²) in [5, 5.41) is 0. The van der Waals surface area contributed by atoms with Crippen LogP contribution in [0, 0.1) is 0 Å². The zero-order chi connectivity index (χ0) is 12.1. The molecule has 2 rings (SSSR count). The van der Waals surface area contributed by atoms with Gasteiger partial charge in [0.25, 0.3) is 0 Å². The van der Waals surface area contributed by atoms with Gasteiger partial charge in [0.1, 0.15) is 0 Å². The first-order valence-corrected chi connectivity index (χ1v) is 5.42. The molecule has 0 aliphatic heterocycles. The van der Waals surface area contributed by atoms with Gasteiger partial charge in [0.2, 0.25) is 5.88 Å². The zero-order valence-corrected chi connectivity index (χ0v) is 10.0. The highest BCUT2D eigenvalue weighted by molar-refractivity contribution is 5.68. The van der Waals surface area contributed by atoms with Crippen molar-refractivity contribution in [1.29, 1.82) is 0 Å². The second-order valence-electron chi connectivity index (χ2n) is 3.69. The van der Waals surface area contributed by atoms with E-state index in [0.717, 1.165) is 16.7 Å². The van der Waals surface area contributed by atoms with Crippen molar-refractivity contribution in [2.75, 3.05) is 14.2 Å². The smallest absolute Gasteiger partial charge is 0.221 e. The Morgan fingerprint density at radius 1 is 1.06 bits per heavy atom. The normalized spacial score (nSPS) is 10.2. The minimum atomic E-state index is 0.629. The maximum atomic E-state index is 5.24. The lowest BCUT2D eigenvalue weighted by Gasteiger charge is -2.07. The summed E-state index contributed by atoms with van der Waals surface area (Å²) in [5.41, 5.74) is 3.24. The lowest BCUT2D eigenvalue weighted by Crippen LogP contribution is -1.91. The van der Waals surface area contributed by atoms with Crippen LogP contribution in [0.2, 0.25) is 0 Å². The van der Waals surface area contributed by atoms with Crippen molar-refractivity contribution in [1.82, 2.24) is 4.98 Å². The van der Waals surface area contributed by atoms with Crippen LogP contribution in [0.25, 0.3) is 11.1 Å². The highest BCUT2D eigenvalue weighted by Crippen LogP contribution is 2.27. The van der Waals surface area contributed by atoms with Crippen LogP contribution in [0.15, 0.2) is 42.6 Å². The van der Waals surface area contributed by atoms with Crippen LogP contribution in [-0.4, -0.2) is 19.2 Å². The van der Waals surface area contributed by atoms with E-state index in [4.69, 9.17) is 9.47 Å². The van der Waals surface area contributed by atoms with Gasteiger partial charge in [0.15, 0.2) is 0 Å². The van der Waals surface area contributed by atoms with Crippen LogP contribution < -0.4 is 4.74 Å². The summed E-state index contributed by atoms with van der Waals surface area (Å²) in [6.07, 6.45) is 1.72. The molecule has 1 aromatic heterocycles. The van der Waals surface area contributed by atoms with Crippen molar-refractivity contribution < 1.29 is 9.47 Å². The number of aromatic nitrogens is 1. The van der Waals surface area contributed by atoms with E-state index in [-0.39, 0.29) is 0 Å². The van der Waals surface area contributed by atoms with Crippen molar-refractivity contribution in [3.63, 3.8) is 0 Å². The SMILES string of the molecule is COCc1ccc(-c2cccnc2OC)cc1. The van der Waals surface area contributed by atoms with Crippen molar-refractivity contribution in [2.45, 2.75) is 6.61 Å². The van der Waals surface area contributed by atoms with Crippen molar-refractivity contribution in [3.05, 3.63) is 48.2 Å². The summed E-state index contributed by atoms with van der Waals surface area (Å²) >= 11 is 0. The fourth-order valence-electron chi connectivity index (χ4n) is 1.72. The van der Waals surface area contributed by atoms with Crippen molar-refractivity contribution >= 4 is 0 Å². The fraction of sp³-hybridized carbons (Fsp3) is 0.214. The number of hydrogen-bond donors (Lipinski definition) is 0. The van der Waals surface area contributed by atoms with Gasteiger partial charge in [0.05, 0.1) is 13.7 Å². The van der Waals surface area contributed by atoms with Crippen molar-refractivity contribution in [2.24, 2.45) is 0 Å². The number of hydrogen-bond acceptors (Lipinski definition) is 3. The molecule has 0 bridgehead atoms. The average Bonchev–Trinajstić information content (AvgIpc) is 2.40. The van der Waals surface area contributed by atoms with Gasteiger partial charge in [-0.15, -0.1) is 0 Å². The average molecular weight is 229 g/mol. The minimum Gasteiger partial charge on any atom is -0.481 e. The van der Waals surface area contributed by atoms with Crippen molar-refractivity contribution in [3.8, 4) is 17.0 Å². The topological polar surface area (TPSA) is 31.4 Å². The molecule has 0 aliphatic rings. The highest BCUT2D eigenvalue weighted by Gasteiger charge is 2.05.